The number of aromatic hydroxyl groups is 1. The molecule has 0 spiro atoms. The summed E-state index contributed by atoms with van der Waals surface area (Å²) in [4.78, 5) is 12.6. The zero-order valence-corrected chi connectivity index (χ0v) is 12.5. The highest BCUT2D eigenvalue weighted by Gasteiger charge is 2.53. The van der Waals surface area contributed by atoms with Crippen molar-refractivity contribution in [3.8, 4) is 5.75 Å². The van der Waals surface area contributed by atoms with Gasteiger partial charge in [-0.05, 0) is 68.4 Å². The Morgan fingerprint density at radius 2 is 1.59 bits per heavy atom. The van der Waals surface area contributed by atoms with Gasteiger partial charge in [0.25, 0.3) is 0 Å². The Labute approximate surface area is 129 Å². The van der Waals surface area contributed by atoms with Gasteiger partial charge in [-0.15, -0.1) is 0 Å². The highest BCUT2D eigenvalue weighted by molar-refractivity contribution is 5.84. The van der Waals surface area contributed by atoms with E-state index in [-0.39, 0.29) is 16.8 Å². The van der Waals surface area contributed by atoms with Gasteiger partial charge in [0.1, 0.15) is 11.3 Å². The first-order chi connectivity index (χ1) is 10.6. The maximum absolute atomic E-state index is 12.6. The summed E-state index contributed by atoms with van der Waals surface area (Å²) in [6.07, 6.45) is 7.11. The molecule has 2 aromatic rings. The molecule has 114 valence electrons. The van der Waals surface area contributed by atoms with Crippen LogP contribution in [0, 0.1) is 17.8 Å². The normalized spacial score (nSPS) is 36.1. The fraction of sp³-hybridized carbons (Fsp3) is 0.526. The number of fused-ring (bicyclic) bond motifs is 1. The molecule has 0 unspecified atom stereocenters. The van der Waals surface area contributed by atoms with E-state index in [0.717, 1.165) is 37.0 Å². The Morgan fingerprint density at radius 3 is 2.23 bits per heavy atom. The van der Waals surface area contributed by atoms with E-state index in [1.165, 1.54) is 19.3 Å². The second-order valence-corrected chi connectivity index (χ2v) is 7.81. The summed E-state index contributed by atoms with van der Waals surface area (Å²) in [6, 6.07) is 7.30. The molecule has 0 amide bonds. The first kappa shape index (κ1) is 12.7. The fourth-order valence-corrected chi connectivity index (χ4v) is 6.02. The summed E-state index contributed by atoms with van der Waals surface area (Å²) in [6.45, 7) is 0. The van der Waals surface area contributed by atoms with Crippen molar-refractivity contribution in [3.63, 3.8) is 0 Å². The van der Waals surface area contributed by atoms with Crippen LogP contribution in [0.3, 0.4) is 0 Å². The van der Waals surface area contributed by atoms with E-state index in [4.69, 9.17) is 4.42 Å². The summed E-state index contributed by atoms with van der Waals surface area (Å²) < 4.78 is 5.55. The van der Waals surface area contributed by atoms with E-state index in [1.54, 1.807) is 6.07 Å². The molecular weight excluding hydrogens is 276 g/mol. The van der Waals surface area contributed by atoms with E-state index in [2.05, 4.69) is 0 Å². The lowest BCUT2D eigenvalue weighted by Gasteiger charge is -2.56. The quantitative estimate of drug-likeness (QED) is 0.810. The lowest BCUT2D eigenvalue weighted by molar-refractivity contribution is -0.00749. The molecule has 4 bridgehead atoms. The van der Waals surface area contributed by atoms with Gasteiger partial charge < -0.3 is 9.52 Å². The third-order valence-electron chi connectivity index (χ3n) is 6.35. The van der Waals surface area contributed by atoms with Crippen molar-refractivity contribution in [1.82, 2.24) is 0 Å². The summed E-state index contributed by atoms with van der Waals surface area (Å²) in [7, 11) is 0. The topological polar surface area (TPSA) is 50.4 Å². The van der Waals surface area contributed by atoms with Crippen LogP contribution in [-0.4, -0.2) is 5.11 Å². The van der Waals surface area contributed by atoms with Gasteiger partial charge in [-0.3, -0.25) is 0 Å². The summed E-state index contributed by atoms with van der Waals surface area (Å²) >= 11 is 0. The van der Waals surface area contributed by atoms with Gasteiger partial charge in [-0.2, -0.15) is 0 Å². The van der Waals surface area contributed by atoms with Gasteiger partial charge in [0.2, 0.25) is 0 Å². The van der Waals surface area contributed by atoms with Crippen LogP contribution in [0.25, 0.3) is 11.0 Å². The minimum Gasteiger partial charge on any atom is -0.507 e. The molecule has 1 aromatic heterocycles. The molecule has 6 rings (SSSR count). The second kappa shape index (κ2) is 4.15. The smallest absolute Gasteiger partial charge is 0.343 e. The van der Waals surface area contributed by atoms with Gasteiger partial charge in [-0.25, -0.2) is 4.79 Å². The minimum atomic E-state index is -0.321. The molecule has 4 aliphatic carbocycles. The molecule has 4 aliphatic rings. The first-order valence-electron chi connectivity index (χ1n) is 8.40. The zero-order chi connectivity index (χ0) is 14.9. The van der Waals surface area contributed by atoms with E-state index in [9.17, 15) is 9.90 Å². The summed E-state index contributed by atoms with van der Waals surface area (Å²) in [5.41, 5.74) is 0.602. The molecule has 1 heterocycles. The Morgan fingerprint density at radius 1 is 1.00 bits per heavy atom. The van der Waals surface area contributed by atoms with Gasteiger partial charge in [0, 0.05) is 5.41 Å². The van der Waals surface area contributed by atoms with E-state index in [1.807, 2.05) is 18.2 Å². The van der Waals surface area contributed by atoms with Crippen LogP contribution in [0.15, 0.2) is 33.5 Å². The van der Waals surface area contributed by atoms with Crippen LogP contribution < -0.4 is 5.63 Å². The molecule has 4 saturated carbocycles. The highest BCUT2D eigenvalue weighted by Crippen LogP contribution is 2.61. The minimum absolute atomic E-state index is 0.135. The third kappa shape index (κ3) is 1.60. The number of hydrogen-bond donors (Lipinski definition) is 1. The van der Waals surface area contributed by atoms with Crippen molar-refractivity contribution < 1.29 is 9.52 Å². The van der Waals surface area contributed by atoms with Crippen LogP contribution in [0.2, 0.25) is 0 Å². The summed E-state index contributed by atoms with van der Waals surface area (Å²) in [5.74, 6) is 2.37. The van der Waals surface area contributed by atoms with Gasteiger partial charge in [0.05, 0.1) is 10.9 Å². The summed E-state index contributed by atoms with van der Waals surface area (Å²) in [5, 5.41) is 11.5. The molecule has 3 nitrogen and oxygen atoms in total. The number of para-hydroxylation sites is 1. The maximum Gasteiger partial charge on any atom is 0.343 e. The van der Waals surface area contributed by atoms with E-state index >= 15 is 0 Å². The van der Waals surface area contributed by atoms with E-state index in [0.29, 0.717) is 16.5 Å². The molecule has 0 saturated heterocycles. The third-order valence-corrected chi connectivity index (χ3v) is 6.35. The average Bonchev–Trinajstić information content (AvgIpc) is 2.45. The Bertz CT molecular complexity index is 782. The lowest BCUT2D eigenvalue weighted by atomic mass is 9.48. The van der Waals surface area contributed by atoms with E-state index < -0.39 is 0 Å². The predicted molar refractivity (Wildman–Crippen MR) is 84.0 cm³/mol. The van der Waals surface area contributed by atoms with Crippen molar-refractivity contribution in [2.24, 2.45) is 17.8 Å². The number of benzene rings is 1. The molecule has 4 fully saturated rings. The Kier molecular flexibility index (Phi) is 2.41. The number of hydrogen-bond acceptors (Lipinski definition) is 3. The van der Waals surface area contributed by atoms with Gasteiger partial charge >= 0.3 is 5.63 Å². The fourth-order valence-electron chi connectivity index (χ4n) is 6.02. The Balaban J connectivity index is 1.75. The Hall–Kier alpha value is -1.77. The van der Waals surface area contributed by atoms with Crippen LogP contribution in [0.5, 0.6) is 5.75 Å². The zero-order valence-electron chi connectivity index (χ0n) is 12.5. The highest BCUT2D eigenvalue weighted by atomic mass is 16.4. The van der Waals surface area contributed by atoms with Crippen molar-refractivity contribution in [2.45, 2.75) is 43.9 Å². The maximum atomic E-state index is 12.6. The van der Waals surface area contributed by atoms with Crippen LogP contribution in [-0.2, 0) is 5.41 Å². The van der Waals surface area contributed by atoms with Crippen LogP contribution >= 0.6 is 0 Å². The molecular formula is C19H20O3. The van der Waals surface area contributed by atoms with Crippen molar-refractivity contribution in [2.75, 3.05) is 0 Å². The SMILES string of the molecule is O=c1oc2ccccc2c(O)c1C12CC3CC(CC(C3)C1)C2. The predicted octanol–water partition coefficient (Wildman–Crippen LogP) is 3.97. The molecule has 1 aromatic carbocycles. The molecule has 0 atom stereocenters. The lowest BCUT2D eigenvalue weighted by Crippen LogP contribution is -2.50. The monoisotopic (exact) mass is 296 g/mol. The number of rotatable bonds is 1. The van der Waals surface area contributed by atoms with Gasteiger partial charge in [0.15, 0.2) is 0 Å². The van der Waals surface area contributed by atoms with Crippen molar-refractivity contribution in [1.29, 1.82) is 0 Å². The first-order valence-corrected chi connectivity index (χ1v) is 8.40. The standard InChI is InChI=1S/C19H20O3/c20-17-14-3-1-2-4-15(14)22-18(21)16(17)19-8-11-5-12(9-19)7-13(6-11)10-19/h1-4,11-13,20H,5-10H2. The molecule has 22 heavy (non-hydrogen) atoms. The van der Waals surface area contributed by atoms with Crippen LogP contribution in [0.4, 0.5) is 0 Å². The average molecular weight is 296 g/mol. The molecule has 3 heteroatoms. The largest absolute Gasteiger partial charge is 0.507 e. The van der Waals surface area contributed by atoms with Gasteiger partial charge in [-0.1, -0.05) is 12.1 Å². The molecule has 0 radical (unpaired) electrons. The second-order valence-electron chi connectivity index (χ2n) is 7.81. The van der Waals surface area contributed by atoms with Crippen molar-refractivity contribution in [3.05, 3.63) is 40.2 Å². The molecule has 0 aliphatic heterocycles. The molecule has 1 N–H and O–H groups in total. The van der Waals surface area contributed by atoms with Crippen molar-refractivity contribution >= 4 is 11.0 Å². The van der Waals surface area contributed by atoms with Crippen LogP contribution in [0.1, 0.15) is 44.1 Å².